The summed E-state index contributed by atoms with van der Waals surface area (Å²) in [5, 5.41) is 15.9. The van der Waals surface area contributed by atoms with Gasteiger partial charge in [0.25, 0.3) is 11.8 Å². The number of hydrogen-bond donors (Lipinski definition) is 3. The van der Waals surface area contributed by atoms with E-state index in [-0.39, 0.29) is 53.0 Å². The van der Waals surface area contributed by atoms with Crippen LogP contribution in [0.3, 0.4) is 0 Å². The van der Waals surface area contributed by atoms with Crippen molar-refractivity contribution in [3.05, 3.63) is 46.6 Å². The van der Waals surface area contributed by atoms with Gasteiger partial charge in [0.05, 0.1) is 23.4 Å². The van der Waals surface area contributed by atoms with Gasteiger partial charge < -0.3 is 21.1 Å². The molecule has 190 valence electrons. The monoisotopic (exact) mass is 502 g/mol. The average molecular weight is 502 g/mol. The van der Waals surface area contributed by atoms with E-state index in [1.54, 1.807) is 13.0 Å². The fourth-order valence-electron chi connectivity index (χ4n) is 4.68. The molecule has 12 heteroatoms. The molecule has 36 heavy (non-hydrogen) atoms. The van der Waals surface area contributed by atoms with E-state index in [9.17, 15) is 27.9 Å². The molecule has 2 aliphatic rings. The van der Waals surface area contributed by atoms with E-state index < -0.39 is 29.6 Å². The number of carbonyl (C=O) groups is 2. The van der Waals surface area contributed by atoms with Crippen molar-refractivity contribution in [3.63, 3.8) is 0 Å². The Kier molecular flexibility index (Phi) is 5.66. The molecule has 0 bridgehead atoms. The van der Waals surface area contributed by atoms with Crippen molar-refractivity contribution in [1.29, 1.82) is 0 Å². The molecule has 0 saturated heterocycles. The van der Waals surface area contributed by atoms with Crippen molar-refractivity contribution in [3.8, 4) is 11.3 Å². The predicted octanol–water partition coefficient (Wildman–Crippen LogP) is 2.86. The van der Waals surface area contributed by atoms with E-state index in [1.807, 2.05) is 6.92 Å². The van der Waals surface area contributed by atoms with Gasteiger partial charge in [-0.25, -0.2) is 9.50 Å². The summed E-state index contributed by atoms with van der Waals surface area (Å²) in [5.41, 5.74) is 5.23. The summed E-state index contributed by atoms with van der Waals surface area (Å²) in [6, 6.07) is 3.25. The van der Waals surface area contributed by atoms with E-state index >= 15 is 0 Å². The van der Waals surface area contributed by atoms with Gasteiger partial charge in [-0.3, -0.25) is 9.59 Å². The van der Waals surface area contributed by atoms with Crippen LogP contribution in [0.4, 0.5) is 19.0 Å². The molecule has 3 aromatic rings. The van der Waals surface area contributed by atoms with Gasteiger partial charge in [-0.1, -0.05) is 0 Å². The molecule has 1 aromatic carbocycles. The summed E-state index contributed by atoms with van der Waals surface area (Å²) in [6.45, 7) is 3.27. The first-order valence-electron chi connectivity index (χ1n) is 11.6. The van der Waals surface area contributed by atoms with Crippen LogP contribution >= 0.6 is 0 Å². The zero-order chi connectivity index (χ0) is 25.9. The number of nitrogens with two attached hydrogens (primary N) is 1. The Morgan fingerprint density at radius 3 is 2.67 bits per heavy atom. The molecule has 9 nitrogen and oxygen atoms in total. The van der Waals surface area contributed by atoms with Gasteiger partial charge in [-0.2, -0.15) is 13.2 Å². The number of benzene rings is 1. The maximum atomic E-state index is 14.1. The van der Waals surface area contributed by atoms with Crippen molar-refractivity contribution in [1.82, 2.24) is 24.8 Å². The predicted molar refractivity (Wildman–Crippen MR) is 124 cm³/mol. The fraction of sp³-hybridized carbons (Fsp3) is 0.417. The number of nitrogen functional groups attached to an aromatic ring is 1. The number of aromatic nitrogens is 3. The highest BCUT2D eigenvalue weighted by Gasteiger charge is 2.44. The molecule has 5 rings (SSSR count). The third-order valence-corrected chi connectivity index (χ3v) is 6.82. The Morgan fingerprint density at radius 1 is 1.31 bits per heavy atom. The Bertz CT molecular complexity index is 1380. The van der Waals surface area contributed by atoms with Crippen LogP contribution < -0.4 is 11.1 Å². The number of aliphatic hydroxyl groups excluding tert-OH is 1. The molecule has 2 aromatic heterocycles. The molecule has 1 aliphatic heterocycles. The quantitative estimate of drug-likeness (QED) is 0.476. The lowest BCUT2D eigenvalue weighted by Gasteiger charge is -2.24. The molecule has 1 fully saturated rings. The fourth-order valence-corrected chi connectivity index (χ4v) is 4.68. The maximum Gasteiger partial charge on any atom is 0.417 e. The van der Waals surface area contributed by atoms with Gasteiger partial charge in [0, 0.05) is 30.4 Å². The minimum absolute atomic E-state index is 0.0473. The summed E-state index contributed by atoms with van der Waals surface area (Å²) in [4.78, 5) is 31.6. The van der Waals surface area contributed by atoms with E-state index in [1.165, 1.54) is 21.7 Å². The number of rotatable bonds is 6. The highest BCUT2D eigenvalue weighted by molar-refractivity contribution is 6.04. The molecule has 2 amide bonds. The number of amides is 2. The van der Waals surface area contributed by atoms with Crippen molar-refractivity contribution >= 4 is 23.3 Å². The number of anilines is 1. The van der Waals surface area contributed by atoms with Crippen LogP contribution in [0.15, 0.2) is 24.4 Å². The minimum atomic E-state index is -4.74. The summed E-state index contributed by atoms with van der Waals surface area (Å²) >= 11 is 0. The lowest BCUT2D eigenvalue weighted by molar-refractivity contribution is -0.137. The Morgan fingerprint density at radius 2 is 2.03 bits per heavy atom. The highest BCUT2D eigenvalue weighted by atomic mass is 19.4. The van der Waals surface area contributed by atoms with Crippen LogP contribution in [0.1, 0.15) is 58.5 Å². The van der Waals surface area contributed by atoms with E-state index in [0.717, 1.165) is 18.9 Å². The Balaban J connectivity index is 1.60. The molecule has 1 saturated carbocycles. The number of alkyl halides is 3. The number of hydrogen-bond acceptors (Lipinski definition) is 6. The van der Waals surface area contributed by atoms with Gasteiger partial charge in [0.15, 0.2) is 11.5 Å². The number of carbonyl (C=O) groups excluding carboxylic acids is 2. The highest BCUT2D eigenvalue weighted by Crippen LogP contribution is 2.43. The largest absolute Gasteiger partial charge is 0.417 e. The number of fused-ring (bicyclic) bond motifs is 2. The van der Waals surface area contributed by atoms with Crippen LogP contribution in [0.2, 0.25) is 0 Å². The van der Waals surface area contributed by atoms with Crippen LogP contribution in [0.25, 0.3) is 16.9 Å². The zero-order valence-electron chi connectivity index (χ0n) is 19.6. The molecule has 2 atom stereocenters. The van der Waals surface area contributed by atoms with E-state index in [2.05, 4.69) is 15.4 Å². The second-order valence-corrected chi connectivity index (χ2v) is 9.47. The molecule has 0 radical (unpaired) electrons. The number of aliphatic hydroxyl groups is 1. The van der Waals surface area contributed by atoms with Crippen LogP contribution in [-0.2, 0) is 12.7 Å². The molecule has 4 N–H and O–H groups in total. The smallest absolute Gasteiger partial charge is 0.394 e. The van der Waals surface area contributed by atoms with Gasteiger partial charge in [0.2, 0.25) is 0 Å². The second-order valence-electron chi connectivity index (χ2n) is 9.47. The van der Waals surface area contributed by atoms with Crippen LogP contribution in [-0.4, -0.2) is 55.1 Å². The Labute approximate surface area is 204 Å². The first-order valence-corrected chi connectivity index (χ1v) is 11.6. The third-order valence-electron chi connectivity index (χ3n) is 6.82. The number of halogens is 3. The summed E-state index contributed by atoms with van der Waals surface area (Å²) in [6.07, 6.45) is -1.37. The van der Waals surface area contributed by atoms with Crippen molar-refractivity contribution in [2.24, 2.45) is 5.92 Å². The van der Waals surface area contributed by atoms with Crippen molar-refractivity contribution in [2.75, 3.05) is 12.3 Å². The number of nitrogens with one attached hydrogen (secondary N) is 1. The van der Waals surface area contributed by atoms with Gasteiger partial charge in [0.1, 0.15) is 5.56 Å². The molecule has 3 heterocycles. The molecule has 1 aliphatic carbocycles. The van der Waals surface area contributed by atoms with E-state index in [0.29, 0.717) is 11.5 Å². The SMILES string of the molecule is CC(CO)NC(=O)c1c(N)nn2ccc(-c3cc4c(c(C(F)(F)F)c3)C(=O)N(C(C)C3CC3)C4)nc12. The molecule has 2 unspecified atom stereocenters. The zero-order valence-corrected chi connectivity index (χ0v) is 19.6. The minimum Gasteiger partial charge on any atom is -0.394 e. The van der Waals surface area contributed by atoms with Crippen molar-refractivity contribution in [2.45, 2.75) is 51.5 Å². The normalized spacial score (nSPS) is 17.4. The number of nitrogens with zero attached hydrogens (tertiary/aromatic N) is 4. The van der Waals surface area contributed by atoms with Gasteiger partial charge in [-0.15, -0.1) is 5.10 Å². The third kappa shape index (κ3) is 4.04. The van der Waals surface area contributed by atoms with E-state index in [4.69, 9.17) is 5.73 Å². The lowest BCUT2D eigenvalue weighted by atomic mass is 9.97. The first-order chi connectivity index (χ1) is 17.0. The molecular formula is C24H25F3N6O3. The second kappa shape index (κ2) is 8.47. The topological polar surface area (TPSA) is 126 Å². The first kappa shape index (κ1) is 24.0. The average Bonchev–Trinajstić information content (AvgIpc) is 3.54. The lowest BCUT2D eigenvalue weighted by Crippen LogP contribution is -2.35. The standard InChI is InChI=1S/C24H25F3N6O3/c1-11(10-34)29-22(35)19-20(28)31-33-6-5-17(30-21(19)33)14-7-15-9-32(12(2)13-3-4-13)23(36)18(15)16(8-14)24(25,26)27/h5-8,11-13,34H,3-4,9-10H2,1-2H3,(H2,28,31)(H,29,35). The van der Waals surface area contributed by atoms with Crippen LogP contribution in [0.5, 0.6) is 0 Å². The molecular weight excluding hydrogens is 477 g/mol. The summed E-state index contributed by atoms with van der Waals surface area (Å²) in [5.74, 6) is -1.02. The Hall–Kier alpha value is -3.67. The summed E-state index contributed by atoms with van der Waals surface area (Å²) in [7, 11) is 0. The van der Waals surface area contributed by atoms with Crippen LogP contribution in [0, 0.1) is 5.92 Å². The summed E-state index contributed by atoms with van der Waals surface area (Å²) < 4.78 is 43.6. The maximum absolute atomic E-state index is 14.1. The van der Waals surface area contributed by atoms with Gasteiger partial charge in [-0.05, 0) is 56.4 Å². The van der Waals surface area contributed by atoms with Crippen molar-refractivity contribution < 1.29 is 27.9 Å². The van der Waals surface area contributed by atoms with Gasteiger partial charge >= 0.3 is 6.18 Å². The molecule has 0 spiro atoms.